The maximum absolute atomic E-state index is 12.8. The second kappa shape index (κ2) is 7.37. The van der Waals surface area contributed by atoms with Crippen LogP contribution in [0.1, 0.15) is 28.8 Å². The molecule has 2 N–H and O–H groups in total. The molecule has 0 saturated carbocycles. The number of thiophene rings is 1. The molecule has 1 saturated heterocycles. The van der Waals surface area contributed by atoms with Crippen molar-refractivity contribution in [2.75, 3.05) is 11.5 Å². The minimum atomic E-state index is -3.07. The van der Waals surface area contributed by atoms with Crippen LogP contribution in [0.25, 0.3) is 21.6 Å². The van der Waals surface area contributed by atoms with Gasteiger partial charge in [-0.2, -0.15) is 5.10 Å². The number of imidazole rings is 1. The maximum atomic E-state index is 12.8. The SMILES string of the molecule is O=C(NCc1nc2ccccc2[nH]1)c1cc(-c2cccs2)n(C2CCS(=O)(=O)C2)n1. The first kappa shape index (κ1) is 19.0. The first-order valence-corrected chi connectivity index (χ1v) is 12.2. The quantitative estimate of drug-likeness (QED) is 0.495. The zero-order chi connectivity index (χ0) is 20.7. The van der Waals surface area contributed by atoms with Crippen molar-refractivity contribution in [3.8, 4) is 10.6 Å². The molecule has 1 aromatic carbocycles. The number of H-pyrrole nitrogens is 1. The summed E-state index contributed by atoms with van der Waals surface area (Å²) in [6.07, 6.45) is 0.502. The van der Waals surface area contributed by atoms with Gasteiger partial charge in [-0.25, -0.2) is 13.4 Å². The number of aromatic nitrogens is 4. The Kier molecular flexibility index (Phi) is 4.67. The summed E-state index contributed by atoms with van der Waals surface area (Å²) in [5.74, 6) is 0.527. The van der Waals surface area contributed by atoms with Crippen LogP contribution < -0.4 is 5.32 Å². The van der Waals surface area contributed by atoms with Crippen molar-refractivity contribution >= 4 is 38.1 Å². The highest BCUT2D eigenvalue weighted by atomic mass is 32.2. The van der Waals surface area contributed by atoms with E-state index in [1.807, 2.05) is 41.8 Å². The number of hydrogen-bond acceptors (Lipinski definition) is 6. The van der Waals surface area contributed by atoms with E-state index in [9.17, 15) is 13.2 Å². The van der Waals surface area contributed by atoms with Crippen molar-refractivity contribution in [1.29, 1.82) is 0 Å². The molecule has 3 aromatic heterocycles. The van der Waals surface area contributed by atoms with Crippen molar-refractivity contribution in [2.45, 2.75) is 19.0 Å². The van der Waals surface area contributed by atoms with Gasteiger partial charge in [-0.1, -0.05) is 18.2 Å². The van der Waals surface area contributed by atoms with Crippen LogP contribution in [-0.4, -0.2) is 45.6 Å². The fourth-order valence-electron chi connectivity index (χ4n) is 3.70. The number of benzene rings is 1. The van der Waals surface area contributed by atoms with E-state index in [1.165, 1.54) is 11.3 Å². The van der Waals surface area contributed by atoms with Crippen molar-refractivity contribution < 1.29 is 13.2 Å². The highest BCUT2D eigenvalue weighted by Gasteiger charge is 2.32. The smallest absolute Gasteiger partial charge is 0.272 e. The zero-order valence-electron chi connectivity index (χ0n) is 15.9. The summed E-state index contributed by atoms with van der Waals surface area (Å²) < 4.78 is 25.6. The fraction of sp³-hybridized carbons (Fsp3) is 0.250. The summed E-state index contributed by atoms with van der Waals surface area (Å²) in [5, 5.41) is 9.27. The number of carbonyl (C=O) groups is 1. The third-order valence-electron chi connectivity index (χ3n) is 5.15. The molecular weight excluding hydrogens is 422 g/mol. The van der Waals surface area contributed by atoms with Gasteiger partial charge in [0.2, 0.25) is 0 Å². The Morgan fingerprint density at radius 3 is 2.87 bits per heavy atom. The van der Waals surface area contributed by atoms with E-state index in [0.717, 1.165) is 21.6 Å². The molecule has 1 aliphatic heterocycles. The van der Waals surface area contributed by atoms with Gasteiger partial charge in [0.15, 0.2) is 15.5 Å². The van der Waals surface area contributed by atoms with Gasteiger partial charge >= 0.3 is 0 Å². The molecule has 1 atom stereocenters. The number of sulfone groups is 1. The second-order valence-electron chi connectivity index (χ2n) is 7.28. The third kappa shape index (κ3) is 3.63. The molecule has 0 bridgehead atoms. The Morgan fingerprint density at radius 1 is 1.27 bits per heavy atom. The average molecular weight is 442 g/mol. The van der Waals surface area contributed by atoms with Gasteiger partial charge in [0, 0.05) is 0 Å². The number of carbonyl (C=O) groups excluding carboxylic acids is 1. The summed E-state index contributed by atoms with van der Waals surface area (Å²) >= 11 is 1.53. The molecular formula is C20H19N5O3S2. The molecule has 8 nitrogen and oxygen atoms in total. The van der Waals surface area contributed by atoms with Gasteiger partial charge in [0.25, 0.3) is 5.91 Å². The fourth-order valence-corrected chi connectivity index (χ4v) is 6.13. The Labute approximate surface area is 176 Å². The van der Waals surface area contributed by atoms with Crippen LogP contribution in [0, 0.1) is 0 Å². The third-order valence-corrected chi connectivity index (χ3v) is 7.79. The van der Waals surface area contributed by atoms with Crippen molar-refractivity contribution in [1.82, 2.24) is 25.1 Å². The van der Waals surface area contributed by atoms with Crippen molar-refractivity contribution in [3.63, 3.8) is 0 Å². The summed E-state index contributed by atoms with van der Waals surface area (Å²) in [4.78, 5) is 21.4. The minimum Gasteiger partial charge on any atom is -0.343 e. The van der Waals surface area contributed by atoms with Crippen molar-refractivity contribution in [2.24, 2.45) is 0 Å². The molecule has 1 aliphatic rings. The standard InChI is InChI=1S/C20H19N5O3S2/c26-20(21-11-19-22-14-4-1-2-5-15(14)23-19)16-10-17(18-6-3-8-29-18)25(24-16)13-7-9-30(27,28)12-13/h1-6,8,10,13H,7,9,11-12H2,(H,21,26)(H,22,23). The number of nitrogens with zero attached hydrogens (tertiary/aromatic N) is 3. The number of aromatic amines is 1. The monoisotopic (exact) mass is 441 g/mol. The van der Waals surface area contributed by atoms with Crippen LogP contribution in [0.4, 0.5) is 0 Å². The van der Waals surface area contributed by atoms with Crippen molar-refractivity contribution in [3.05, 3.63) is 59.4 Å². The Bertz CT molecular complexity index is 1290. The van der Waals surface area contributed by atoms with Gasteiger partial charge < -0.3 is 10.3 Å². The lowest BCUT2D eigenvalue weighted by Gasteiger charge is -2.12. The lowest BCUT2D eigenvalue weighted by molar-refractivity contribution is 0.0944. The molecule has 0 aliphatic carbocycles. The summed E-state index contributed by atoms with van der Waals surface area (Å²) in [7, 11) is -3.07. The van der Waals surface area contributed by atoms with E-state index in [4.69, 9.17) is 0 Å². The lowest BCUT2D eigenvalue weighted by atomic mass is 10.2. The zero-order valence-corrected chi connectivity index (χ0v) is 17.5. The molecule has 1 fully saturated rings. The van der Waals surface area contributed by atoms with Gasteiger partial charge in [-0.3, -0.25) is 9.48 Å². The largest absolute Gasteiger partial charge is 0.343 e. The van der Waals surface area contributed by atoms with E-state index in [0.29, 0.717) is 12.2 Å². The summed E-state index contributed by atoms with van der Waals surface area (Å²) in [6, 6.07) is 13.0. The Morgan fingerprint density at radius 2 is 2.13 bits per heavy atom. The minimum absolute atomic E-state index is 0.0487. The predicted molar refractivity (Wildman–Crippen MR) is 115 cm³/mol. The number of rotatable bonds is 5. The number of para-hydroxylation sites is 2. The molecule has 1 unspecified atom stereocenters. The molecule has 0 spiro atoms. The molecule has 4 aromatic rings. The van der Waals surface area contributed by atoms with Crippen LogP contribution in [0.2, 0.25) is 0 Å². The second-order valence-corrected chi connectivity index (χ2v) is 10.5. The maximum Gasteiger partial charge on any atom is 0.272 e. The molecule has 154 valence electrons. The molecule has 4 heterocycles. The highest BCUT2D eigenvalue weighted by molar-refractivity contribution is 7.91. The first-order valence-electron chi connectivity index (χ1n) is 9.54. The van der Waals surface area contributed by atoms with E-state index >= 15 is 0 Å². The molecule has 30 heavy (non-hydrogen) atoms. The van der Waals surface area contributed by atoms with Gasteiger partial charge in [-0.15, -0.1) is 11.3 Å². The Hall–Kier alpha value is -2.98. The van der Waals surface area contributed by atoms with E-state index in [-0.39, 0.29) is 35.7 Å². The average Bonchev–Trinajstić information content (AvgIpc) is 3.49. The predicted octanol–water partition coefficient (Wildman–Crippen LogP) is 2.78. The number of amides is 1. The Balaban J connectivity index is 1.39. The number of hydrogen-bond donors (Lipinski definition) is 2. The molecule has 10 heteroatoms. The van der Waals surface area contributed by atoms with Crippen LogP contribution in [0.15, 0.2) is 47.8 Å². The van der Waals surface area contributed by atoms with E-state index in [1.54, 1.807) is 10.7 Å². The number of fused-ring (bicyclic) bond motifs is 1. The van der Waals surface area contributed by atoms with Crippen LogP contribution in [0.5, 0.6) is 0 Å². The lowest BCUT2D eigenvalue weighted by Crippen LogP contribution is -2.24. The highest BCUT2D eigenvalue weighted by Crippen LogP contribution is 2.32. The molecule has 0 radical (unpaired) electrons. The van der Waals surface area contributed by atoms with Crippen LogP contribution in [-0.2, 0) is 16.4 Å². The van der Waals surface area contributed by atoms with Gasteiger partial charge in [0.05, 0.1) is 45.7 Å². The van der Waals surface area contributed by atoms with Gasteiger partial charge in [0.1, 0.15) is 5.82 Å². The normalized spacial score (nSPS) is 18.1. The van der Waals surface area contributed by atoms with Crippen LogP contribution in [0.3, 0.4) is 0 Å². The van der Waals surface area contributed by atoms with Gasteiger partial charge in [-0.05, 0) is 36.1 Å². The summed E-state index contributed by atoms with van der Waals surface area (Å²) in [6.45, 7) is 0.243. The van der Waals surface area contributed by atoms with E-state index < -0.39 is 9.84 Å². The first-order chi connectivity index (χ1) is 14.5. The van der Waals surface area contributed by atoms with Crippen LogP contribution >= 0.6 is 11.3 Å². The topological polar surface area (TPSA) is 110 Å². The van der Waals surface area contributed by atoms with E-state index in [2.05, 4.69) is 20.4 Å². The number of nitrogens with one attached hydrogen (secondary N) is 2. The molecule has 5 rings (SSSR count). The molecule has 1 amide bonds. The summed E-state index contributed by atoms with van der Waals surface area (Å²) in [5.41, 5.74) is 2.78.